The van der Waals surface area contributed by atoms with Crippen molar-refractivity contribution in [1.29, 1.82) is 5.26 Å². The highest BCUT2D eigenvalue weighted by atomic mass is 127. The molecule has 0 atom stereocenters. The van der Waals surface area contributed by atoms with Crippen LogP contribution in [0.4, 0.5) is 11.8 Å². The van der Waals surface area contributed by atoms with E-state index in [0.29, 0.717) is 9.13 Å². The Morgan fingerprint density at radius 3 is 2.60 bits per heavy atom. The number of carboxylic acids is 1. The Morgan fingerprint density at radius 2 is 2.05 bits per heavy atom. The van der Waals surface area contributed by atoms with Gasteiger partial charge in [0.05, 0.1) is 11.3 Å². The summed E-state index contributed by atoms with van der Waals surface area (Å²) in [5.74, 6) is -1.08. The van der Waals surface area contributed by atoms with E-state index >= 15 is 0 Å². The molecule has 5 N–H and O–H groups in total. The lowest BCUT2D eigenvalue weighted by Gasteiger charge is -2.08. The number of aromatic nitrogens is 2. The molecule has 0 fully saturated rings. The van der Waals surface area contributed by atoms with Crippen LogP contribution in [0.1, 0.15) is 15.9 Å². The van der Waals surface area contributed by atoms with Crippen molar-refractivity contribution in [2.24, 2.45) is 0 Å². The fourth-order valence-electron chi connectivity index (χ4n) is 1.65. The van der Waals surface area contributed by atoms with E-state index in [4.69, 9.17) is 21.8 Å². The summed E-state index contributed by atoms with van der Waals surface area (Å²) in [6.07, 6.45) is 0. The number of benzene rings is 1. The number of rotatable bonds is 2. The van der Waals surface area contributed by atoms with E-state index in [1.54, 1.807) is 12.1 Å². The molecular formula is C12H8IN5O2. The summed E-state index contributed by atoms with van der Waals surface area (Å²) in [6.45, 7) is 0. The van der Waals surface area contributed by atoms with Gasteiger partial charge in [-0.2, -0.15) is 10.2 Å². The van der Waals surface area contributed by atoms with Gasteiger partial charge in [-0.25, -0.2) is 9.78 Å². The SMILES string of the molecule is N#Cc1c(N)nc(N)nc1-c1ccc(C(=O)O)c(I)c1. The minimum absolute atomic E-state index is 0.00711. The zero-order valence-electron chi connectivity index (χ0n) is 9.96. The zero-order chi connectivity index (χ0) is 14.9. The first kappa shape index (κ1) is 14.0. The van der Waals surface area contributed by atoms with Gasteiger partial charge in [0.25, 0.3) is 0 Å². The van der Waals surface area contributed by atoms with Gasteiger partial charge in [-0.3, -0.25) is 0 Å². The number of hydrogen-bond donors (Lipinski definition) is 3. The van der Waals surface area contributed by atoms with E-state index in [-0.39, 0.29) is 28.6 Å². The monoisotopic (exact) mass is 381 g/mol. The van der Waals surface area contributed by atoms with E-state index in [1.807, 2.05) is 28.7 Å². The van der Waals surface area contributed by atoms with Gasteiger partial charge >= 0.3 is 5.97 Å². The molecule has 0 spiro atoms. The quantitative estimate of drug-likeness (QED) is 0.670. The molecule has 0 bridgehead atoms. The molecule has 7 nitrogen and oxygen atoms in total. The number of nitriles is 1. The maximum atomic E-state index is 11.0. The van der Waals surface area contributed by atoms with Crippen LogP contribution in [0.5, 0.6) is 0 Å². The highest BCUT2D eigenvalue weighted by Gasteiger charge is 2.15. The van der Waals surface area contributed by atoms with Gasteiger partial charge in [-0.05, 0) is 34.7 Å². The molecule has 0 aliphatic rings. The van der Waals surface area contributed by atoms with Crippen molar-refractivity contribution in [3.05, 3.63) is 32.9 Å². The molecule has 2 rings (SSSR count). The Kier molecular flexibility index (Phi) is 3.71. The molecule has 0 aliphatic carbocycles. The summed E-state index contributed by atoms with van der Waals surface area (Å²) in [5.41, 5.74) is 12.3. The van der Waals surface area contributed by atoms with Crippen LogP contribution in [-0.2, 0) is 0 Å². The number of nitrogens with two attached hydrogens (primary N) is 2. The van der Waals surface area contributed by atoms with Crippen LogP contribution in [0, 0.1) is 14.9 Å². The predicted molar refractivity (Wildman–Crippen MR) is 80.7 cm³/mol. The molecule has 0 saturated heterocycles. The molecule has 1 heterocycles. The summed E-state index contributed by atoms with van der Waals surface area (Å²) in [5, 5.41) is 18.1. The highest BCUT2D eigenvalue weighted by molar-refractivity contribution is 14.1. The smallest absolute Gasteiger partial charge is 0.336 e. The first-order chi connectivity index (χ1) is 9.43. The minimum Gasteiger partial charge on any atom is -0.478 e. The van der Waals surface area contributed by atoms with Crippen LogP contribution in [-0.4, -0.2) is 21.0 Å². The Bertz CT molecular complexity index is 754. The summed E-state index contributed by atoms with van der Waals surface area (Å²) in [6, 6.07) is 6.51. The van der Waals surface area contributed by atoms with E-state index in [0.717, 1.165) is 0 Å². The average Bonchev–Trinajstić information content (AvgIpc) is 2.37. The molecule has 0 saturated carbocycles. The van der Waals surface area contributed by atoms with Crippen molar-refractivity contribution in [2.45, 2.75) is 0 Å². The van der Waals surface area contributed by atoms with Gasteiger partial charge in [0.2, 0.25) is 5.95 Å². The van der Waals surface area contributed by atoms with Gasteiger partial charge in [0.15, 0.2) is 0 Å². The lowest BCUT2D eigenvalue weighted by Crippen LogP contribution is -2.05. The number of carbonyl (C=O) groups is 1. The molecule has 0 unspecified atom stereocenters. The predicted octanol–water partition coefficient (Wildman–Crippen LogP) is 1.48. The fourth-order valence-corrected chi connectivity index (χ4v) is 2.40. The molecule has 20 heavy (non-hydrogen) atoms. The number of nitrogen functional groups attached to an aromatic ring is 2. The van der Waals surface area contributed by atoms with Gasteiger partial charge < -0.3 is 16.6 Å². The lowest BCUT2D eigenvalue weighted by atomic mass is 10.1. The minimum atomic E-state index is -1.02. The molecule has 0 radical (unpaired) electrons. The zero-order valence-corrected chi connectivity index (χ0v) is 12.1. The standard InChI is InChI=1S/C12H8IN5O2/c13-8-3-5(1-2-6(8)11(19)20)9-7(4-14)10(15)18-12(16)17-9/h1-3H,(H,19,20)(H4,15,16,17,18). The van der Waals surface area contributed by atoms with Crippen molar-refractivity contribution in [1.82, 2.24) is 9.97 Å². The second kappa shape index (κ2) is 5.30. The maximum absolute atomic E-state index is 11.0. The average molecular weight is 381 g/mol. The first-order valence-corrected chi connectivity index (χ1v) is 6.38. The van der Waals surface area contributed by atoms with Gasteiger partial charge in [-0.15, -0.1) is 0 Å². The molecule has 1 aromatic heterocycles. The number of halogens is 1. The van der Waals surface area contributed by atoms with Crippen LogP contribution in [0.25, 0.3) is 11.3 Å². The van der Waals surface area contributed by atoms with Crippen molar-refractivity contribution in [2.75, 3.05) is 11.5 Å². The molecule has 0 amide bonds. The fraction of sp³-hybridized carbons (Fsp3) is 0. The number of hydrogen-bond acceptors (Lipinski definition) is 6. The van der Waals surface area contributed by atoms with Crippen LogP contribution >= 0.6 is 22.6 Å². The highest BCUT2D eigenvalue weighted by Crippen LogP contribution is 2.27. The molecule has 2 aromatic rings. The summed E-state index contributed by atoms with van der Waals surface area (Å²) in [4.78, 5) is 18.7. The summed E-state index contributed by atoms with van der Waals surface area (Å²) < 4.78 is 0.521. The molecule has 8 heteroatoms. The van der Waals surface area contributed by atoms with Gasteiger partial charge in [-0.1, -0.05) is 6.07 Å². The van der Waals surface area contributed by atoms with Crippen molar-refractivity contribution < 1.29 is 9.90 Å². The van der Waals surface area contributed by atoms with E-state index in [2.05, 4.69) is 9.97 Å². The van der Waals surface area contributed by atoms with E-state index < -0.39 is 5.97 Å². The second-order valence-electron chi connectivity index (χ2n) is 3.80. The third-order valence-electron chi connectivity index (χ3n) is 2.54. The van der Waals surface area contributed by atoms with E-state index in [9.17, 15) is 4.79 Å². The van der Waals surface area contributed by atoms with Crippen LogP contribution in [0.15, 0.2) is 18.2 Å². The maximum Gasteiger partial charge on any atom is 0.336 e. The molecule has 0 aliphatic heterocycles. The Labute approximate surface area is 127 Å². The van der Waals surface area contributed by atoms with Crippen LogP contribution in [0.3, 0.4) is 0 Å². The normalized spacial score (nSPS) is 10.0. The molecule has 1 aromatic carbocycles. The van der Waals surface area contributed by atoms with Crippen molar-refractivity contribution in [3.8, 4) is 17.3 Å². The lowest BCUT2D eigenvalue weighted by molar-refractivity contribution is 0.0696. The largest absolute Gasteiger partial charge is 0.478 e. The number of anilines is 2. The number of aromatic carboxylic acids is 1. The third-order valence-corrected chi connectivity index (χ3v) is 3.43. The summed E-state index contributed by atoms with van der Waals surface area (Å²) in [7, 11) is 0. The van der Waals surface area contributed by atoms with E-state index in [1.165, 1.54) is 6.07 Å². The van der Waals surface area contributed by atoms with Crippen molar-refractivity contribution in [3.63, 3.8) is 0 Å². The number of nitrogens with zero attached hydrogens (tertiary/aromatic N) is 3. The Balaban J connectivity index is 2.67. The van der Waals surface area contributed by atoms with Crippen molar-refractivity contribution >= 4 is 40.3 Å². The second-order valence-corrected chi connectivity index (χ2v) is 4.96. The number of carboxylic acid groups (broad SMARTS) is 1. The molecule has 100 valence electrons. The molecular weight excluding hydrogens is 373 g/mol. The topological polar surface area (TPSA) is 139 Å². The van der Waals surface area contributed by atoms with Crippen LogP contribution < -0.4 is 11.5 Å². The van der Waals surface area contributed by atoms with Gasteiger partial charge in [0, 0.05) is 9.13 Å². The first-order valence-electron chi connectivity index (χ1n) is 5.30. The van der Waals surface area contributed by atoms with Gasteiger partial charge in [0.1, 0.15) is 17.5 Å². The summed E-state index contributed by atoms with van der Waals surface area (Å²) >= 11 is 1.90. The Hall–Kier alpha value is -2.41. The van der Waals surface area contributed by atoms with Crippen LogP contribution in [0.2, 0.25) is 0 Å². The third kappa shape index (κ3) is 2.48. The Morgan fingerprint density at radius 1 is 1.35 bits per heavy atom.